The van der Waals surface area contributed by atoms with E-state index in [0.717, 1.165) is 45.1 Å². The van der Waals surface area contributed by atoms with Crippen LogP contribution in [0.1, 0.15) is 44.9 Å². The lowest BCUT2D eigenvalue weighted by atomic mass is 10.1. The molecular formula is C14H24N2O4. The van der Waals surface area contributed by atoms with Crippen LogP contribution in [0.4, 0.5) is 4.79 Å². The Morgan fingerprint density at radius 1 is 1.15 bits per heavy atom. The van der Waals surface area contributed by atoms with Gasteiger partial charge in [-0.25, -0.2) is 9.59 Å². The van der Waals surface area contributed by atoms with Crippen LogP contribution in [-0.2, 0) is 9.53 Å². The molecule has 2 saturated heterocycles. The van der Waals surface area contributed by atoms with Crippen molar-refractivity contribution in [2.45, 2.75) is 57.1 Å². The monoisotopic (exact) mass is 284 g/mol. The molecule has 0 spiro atoms. The number of ether oxygens (including phenoxy) is 1. The fourth-order valence-electron chi connectivity index (χ4n) is 2.88. The van der Waals surface area contributed by atoms with E-state index in [1.165, 1.54) is 4.90 Å². The molecule has 2 rings (SSSR count). The largest absolute Gasteiger partial charge is 0.480 e. The van der Waals surface area contributed by atoms with Crippen molar-refractivity contribution in [3.63, 3.8) is 0 Å². The molecule has 0 aromatic rings. The Hall–Kier alpha value is -1.30. The first-order valence-corrected chi connectivity index (χ1v) is 7.57. The van der Waals surface area contributed by atoms with Gasteiger partial charge < -0.3 is 20.1 Å². The summed E-state index contributed by atoms with van der Waals surface area (Å²) < 4.78 is 5.57. The Balaban J connectivity index is 1.86. The second kappa shape index (κ2) is 7.47. The molecule has 0 bridgehead atoms. The first-order valence-electron chi connectivity index (χ1n) is 7.57. The molecule has 0 aromatic heterocycles. The zero-order valence-electron chi connectivity index (χ0n) is 11.8. The number of likely N-dealkylation sites (tertiary alicyclic amines) is 1. The van der Waals surface area contributed by atoms with Gasteiger partial charge in [-0.15, -0.1) is 0 Å². The van der Waals surface area contributed by atoms with Crippen molar-refractivity contribution in [2.75, 3.05) is 19.7 Å². The molecule has 0 saturated carbocycles. The lowest BCUT2D eigenvalue weighted by Gasteiger charge is -2.29. The molecule has 6 heteroatoms. The molecule has 2 amide bonds. The molecule has 0 radical (unpaired) electrons. The van der Waals surface area contributed by atoms with Gasteiger partial charge in [0.15, 0.2) is 0 Å². The number of nitrogens with one attached hydrogen (secondary N) is 1. The molecule has 20 heavy (non-hydrogen) atoms. The topological polar surface area (TPSA) is 78.9 Å². The van der Waals surface area contributed by atoms with Crippen molar-refractivity contribution >= 4 is 12.0 Å². The van der Waals surface area contributed by atoms with E-state index in [4.69, 9.17) is 4.74 Å². The van der Waals surface area contributed by atoms with Crippen LogP contribution in [0.3, 0.4) is 0 Å². The standard InChI is InChI=1S/C14H24N2O4/c17-13(18)12-7-2-1-4-8-16(12)14(19)15-10-11-6-3-5-9-20-11/h11-12H,1-10H2,(H,15,19)(H,17,18). The Morgan fingerprint density at radius 2 is 1.95 bits per heavy atom. The number of rotatable bonds is 3. The quantitative estimate of drug-likeness (QED) is 0.825. The molecule has 114 valence electrons. The third-order valence-electron chi connectivity index (χ3n) is 4.05. The second-order valence-corrected chi connectivity index (χ2v) is 5.57. The van der Waals surface area contributed by atoms with Crippen molar-refractivity contribution in [3.8, 4) is 0 Å². The number of carbonyl (C=O) groups excluding carboxylic acids is 1. The summed E-state index contributed by atoms with van der Waals surface area (Å²) in [4.78, 5) is 25.0. The molecular weight excluding hydrogens is 260 g/mol. The average molecular weight is 284 g/mol. The van der Waals surface area contributed by atoms with E-state index in [1.54, 1.807) is 0 Å². The zero-order chi connectivity index (χ0) is 14.4. The zero-order valence-corrected chi connectivity index (χ0v) is 11.8. The highest BCUT2D eigenvalue weighted by Crippen LogP contribution is 2.17. The Labute approximate surface area is 119 Å². The van der Waals surface area contributed by atoms with Crippen molar-refractivity contribution in [1.82, 2.24) is 10.2 Å². The second-order valence-electron chi connectivity index (χ2n) is 5.57. The van der Waals surface area contributed by atoms with E-state index in [1.807, 2.05) is 0 Å². The van der Waals surface area contributed by atoms with E-state index in [9.17, 15) is 14.7 Å². The molecule has 0 aliphatic carbocycles. The average Bonchev–Trinajstić information content (AvgIpc) is 2.71. The lowest BCUT2D eigenvalue weighted by molar-refractivity contribution is -0.142. The summed E-state index contributed by atoms with van der Waals surface area (Å²) >= 11 is 0. The van der Waals surface area contributed by atoms with Crippen LogP contribution in [0.15, 0.2) is 0 Å². The molecule has 2 atom stereocenters. The third kappa shape index (κ3) is 4.10. The Morgan fingerprint density at radius 3 is 2.65 bits per heavy atom. The smallest absolute Gasteiger partial charge is 0.326 e. The van der Waals surface area contributed by atoms with Crippen molar-refractivity contribution in [2.24, 2.45) is 0 Å². The predicted octanol–water partition coefficient (Wildman–Crippen LogP) is 1.59. The van der Waals surface area contributed by atoms with E-state index in [2.05, 4.69) is 5.32 Å². The summed E-state index contributed by atoms with van der Waals surface area (Å²) in [5, 5.41) is 12.1. The molecule has 2 fully saturated rings. The minimum absolute atomic E-state index is 0.0722. The van der Waals surface area contributed by atoms with E-state index in [-0.39, 0.29) is 12.1 Å². The van der Waals surface area contributed by atoms with Crippen LogP contribution in [-0.4, -0.2) is 53.8 Å². The highest BCUT2D eigenvalue weighted by Gasteiger charge is 2.31. The molecule has 6 nitrogen and oxygen atoms in total. The number of urea groups is 1. The van der Waals surface area contributed by atoms with Crippen molar-refractivity contribution in [3.05, 3.63) is 0 Å². The van der Waals surface area contributed by atoms with Crippen LogP contribution >= 0.6 is 0 Å². The fourth-order valence-corrected chi connectivity index (χ4v) is 2.88. The minimum Gasteiger partial charge on any atom is -0.480 e. The first kappa shape index (κ1) is 15.1. The van der Waals surface area contributed by atoms with Gasteiger partial charge in [0.2, 0.25) is 0 Å². The van der Waals surface area contributed by atoms with Gasteiger partial charge in [0.25, 0.3) is 0 Å². The van der Waals surface area contributed by atoms with Crippen molar-refractivity contribution in [1.29, 1.82) is 0 Å². The molecule has 2 aliphatic heterocycles. The lowest BCUT2D eigenvalue weighted by Crippen LogP contribution is -2.50. The minimum atomic E-state index is -0.907. The van der Waals surface area contributed by atoms with Crippen LogP contribution < -0.4 is 5.32 Å². The number of carboxylic acids is 1. The Bertz CT molecular complexity index is 342. The number of carbonyl (C=O) groups is 2. The molecule has 2 aliphatic rings. The van der Waals surface area contributed by atoms with Crippen molar-refractivity contribution < 1.29 is 19.4 Å². The Kier molecular flexibility index (Phi) is 5.64. The summed E-state index contributed by atoms with van der Waals surface area (Å²) in [5.74, 6) is -0.907. The molecule has 0 aromatic carbocycles. The summed E-state index contributed by atoms with van der Waals surface area (Å²) in [6.07, 6.45) is 6.51. The van der Waals surface area contributed by atoms with Crippen LogP contribution in [0.2, 0.25) is 0 Å². The van der Waals surface area contributed by atoms with Gasteiger partial charge in [0, 0.05) is 19.7 Å². The van der Waals surface area contributed by atoms with Gasteiger partial charge in [-0.05, 0) is 32.1 Å². The van der Waals surface area contributed by atoms with Crippen LogP contribution in [0, 0.1) is 0 Å². The highest BCUT2D eigenvalue weighted by molar-refractivity contribution is 5.82. The summed E-state index contributed by atoms with van der Waals surface area (Å²) in [6, 6.07) is -0.960. The van der Waals surface area contributed by atoms with Crippen LogP contribution in [0.5, 0.6) is 0 Å². The summed E-state index contributed by atoms with van der Waals surface area (Å²) in [6.45, 7) is 1.75. The van der Waals surface area contributed by atoms with Gasteiger partial charge in [-0.2, -0.15) is 0 Å². The summed E-state index contributed by atoms with van der Waals surface area (Å²) in [7, 11) is 0. The van der Waals surface area contributed by atoms with Gasteiger partial charge in [-0.3, -0.25) is 0 Å². The molecule has 2 heterocycles. The predicted molar refractivity (Wildman–Crippen MR) is 73.6 cm³/mol. The number of hydrogen-bond acceptors (Lipinski definition) is 3. The van der Waals surface area contributed by atoms with Gasteiger partial charge in [-0.1, -0.05) is 12.8 Å². The maximum atomic E-state index is 12.2. The van der Waals surface area contributed by atoms with Gasteiger partial charge in [0.05, 0.1) is 6.10 Å². The van der Waals surface area contributed by atoms with E-state index < -0.39 is 12.0 Å². The number of hydrogen-bond donors (Lipinski definition) is 2. The SMILES string of the molecule is O=C(O)C1CCCCCN1C(=O)NCC1CCCCO1. The highest BCUT2D eigenvalue weighted by atomic mass is 16.5. The molecule has 2 unspecified atom stereocenters. The van der Waals surface area contributed by atoms with E-state index >= 15 is 0 Å². The summed E-state index contributed by atoms with van der Waals surface area (Å²) in [5.41, 5.74) is 0. The van der Waals surface area contributed by atoms with E-state index in [0.29, 0.717) is 19.5 Å². The van der Waals surface area contributed by atoms with Crippen LogP contribution in [0.25, 0.3) is 0 Å². The normalized spacial score (nSPS) is 27.7. The van der Waals surface area contributed by atoms with Gasteiger partial charge >= 0.3 is 12.0 Å². The number of nitrogens with zero attached hydrogens (tertiary/aromatic N) is 1. The number of carboxylic acid groups (broad SMARTS) is 1. The number of aliphatic carboxylic acids is 1. The maximum Gasteiger partial charge on any atom is 0.326 e. The number of amides is 2. The fraction of sp³-hybridized carbons (Fsp3) is 0.857. The maximum absolute atomic E-state index is 12.2. The first-order chi connectivity index (χ1) is 9.68. The molecule has 2 N–H and O–H groups in total. The third-order valence-corrected chi connectivity index (χ3v) is 4.05. The van der Waals surface area contributed by atoms with Gasteiger partial charge in [0.1, 0.15) is 6.04 Å².